The Morgan fingerprint density at radius 1 is 0.909 bits per heavy atom. The topological polar surface area (TPSA) is 0 Å². The highest BCUT2D eigenvalue weighted by atomic mass is 35.5. The summed E-state index contributed by atoms with van der Waals surface area (Å²) in [5.41, 5.74) is 0. The molecular formula is C10H21Cl. The SMILES string of the molecule is CC(C)C(C(C)C)C(C)(C)Cl. The lowest BCUT2D eigenvalue weighted by Crippen LogP contribution is -2.33. The highest BCUT2D eigenvalue weighted by Gasteiger charge is 2.31. The molecule has 0 nitrogen and oxygen atoms in total. The second-order valence-corrected chi connectivity index (χ2v) is 5.55. The summed E-state index contributed by atoms with van der Waals surface area (Å²) in [5.74, 6) is 1.94. The van der Waals surface area contributed by atoms with E-state index in [1.165, 1.54) is 0 Å². The van der Waals surface area contributed by atoms with Crippen molar-refractivity contribution in [3.63, 3.8) is 0 Å². The molecule has 0 N–H and O–H groups in total. The summed E-state index contributed by atoms with van der Waals surface area (Å²) < 4.78 is 0. The molecule has 0 fully saturated rings. The van der Waals surface area contributed by atoms with Crippen molar-refractivity contribution in [3.8, 4) is 0 Å². The second-order valence-electron chi connectivity index (χ2n) is 4.58. The van der Waals surface area contributed by atoms with Crippen LogP contribution in [-0.2, 0) is 0 Å². The Hall–Kier alpha value is 0.290. The van der Waals surface area contributed by atoms with E-state index in [9.17, 15) is 0 Å². The van der Waals surface area contributed by atoms with Crippen molar-refractivity contribution in [2.75, 3.05) is 0 Å². The summed E-state index contributed by atoms with van der Waals surface area (Å²) in [6.07, 6.45) is 0. The quantitative estimate of drug-likeness (QED) is 0.572. The summed E-state index contributed by atoms with van der Waals surface area (Å²) >= 11 is 6.29. The van der Waals surface area contributed by atoms with Gasteiger partial charge in [-0.1, -0.05) is 27.7 Å². The fraction of sp³-hybridized carbons (Fsp3) is 1.00. The van der Waals surface area contributed by atoms with Gasteiger partial charge in [0.1, 0.15) is 0 Å². The zero-order chi connectivity index (χ0) is 9.23. The van der Waals surface area contributed by atoms with Gasteiger partial charge < -0.3 is 0 Å². The van der Waals surface area contributed by atoms with E-state index in [4.69, 9.17) is 11.6 Å². The number of halogens is 1. The molecule has 0 aliphatic carbocycles. The van der Waals surface area contributed by atoms with Crippen molar-refractivity contribution in [1.29, 1.82) is 0 Å². The summed E-state index contributed by atoms with van der Waals surface area (Å²) in [7, 11) is 0. The van der Waals surface area contributed by atoms with E-state index in [0.29, 0.717) is 17.8 Å². The summed E-state index contributed by atoms with van der Waals surface area (Å²) in [4.78, 5) is -0.0671. The molecule has 0 aromatic carbocycles. The van der Waals surface area contributed by atoms with Crippen molar-refractivity contribution >= 4 is 11.6 Å². The van der Waals surface area contributed by atoms with Crippen LogP contribution < -0.4 is 0 Å². The molecule has 0 amide bonds. The predicted octanol–water partition coefficient (Wildman–Crippen LogP) is 3.93. The van der Waals surface area contributed by atoms with Crippen molar-refractivity contribution in [3.05, 3.63) is 0 Å². The van der Waals surface area contributed by atoms with E-state index < -0.39 is 0 Å². The van der Waals surface area contributed by atoms with Crippen LogP contribution in [0.15, 0.2) is 0 Å². The molecule has 0 saturated heterocycles. The monoisotopic (exact) mass is 176 g/mol. The van der Waals surface area contributed by atoms with Crippen LogP contribution in [0.1, 0.15) is 41.5 Å². The molecule has 0 atom stereocenters. The van der Waals surface area contributed by atoms with Gasteiger partial charge in [0.05, 0.1) is 0 Å². The van der Waals surface area contributed by atoms with E-state index in [1.54, 1.807) is 0 Å². The molecule has 0 aromatic heterocycles. The van der Waals surface area contributed by atoms with Crippen LogP contribution in [0.25, 0.3) is 0 Å². The minimum atomic E-state index is -0.0671. The molecule has 0 spiro atoms. The highest BCUT2D eigenvalue weighted by molar-refractivity contribution is 6.23. The zero-order valence-electron chi connectivity index (χ0n) is 8.61. The van der Waals surface area contributed by atoms with Gasteiger partial charge in [0.25, 0.3) is 0 Å². The summed E-state index contributed by atoms with van der Waals surface area (Å²) in [6, 6.07) is 0. The molecular weight excluding hydrogens is 156 g/mol. The van der Waals surface area contributed by atoms with Gasteiger partial charge in [0.2, 0.25) is 0 Å². The minimum absolute atomic E-state index is 0.0671. The lowest BCUT2D eigenvalue weighted by molar-refractivity contribution is 0.231. The molecule has 0 radical (unpaired) electrons. The standard InChI is InChI=1S/C10H21Cl/c1-7(2)9(8(3)4)10(5,6)11/h7-9H,1-6H3. The molecule has 68 valence electrons. The fourth-order valence-corrected chi connectivity index (χ4v) is 2.86. The average Bonchev–Trinajstić information content (AvgIpc) is 1.54. The van der Waals surface area contributed by atoms with E-state index in [1.807, 2.05) is 0 Å². The van der Waals surface area contributed by atoms with Gasteiger partial charge in [-0.05, 0) is 31.6 Å². The molecule has 0 aliphatic heterocycles. The Morgan fingerprint density at radius 2 is 1.18 bits per heavy atom. The highest BCUT2D eigenvalue weighted by Crippen LogP contribution is 2.35. The maximum absolute atomic E-state index is 6.29. The van der Waals surface area contributed by atoms with Crippen molar-refractivity contribution in [2.24, 2.45) is 17.8 Å². The molecule has 0 aliphatic rings. The van der Waals surface area contributed by atoms with Crippen molar-refractivity contribution in [1.82, 2.24) is 0 Å². The molecule has 0 aromatic rings. The van der Waals surface area contributed by atoms with Gasteiger partial charge in [0.15, 0.2) is 0 Å². The number of hydrogen-bond donors (Lipinski definition) is 0. The van der Waals surface area contributed by atoms with Gasteiger partial charge in [-0.2, -0.15) is 0 Å². The van der Waals surface area contributed by atoms with E-state index in [-0.39, 0.29) is 4.87 Å². The maximum Gasteiger partial charge on any atom is 0.0423 e. The first-order valence-corrected chi connectivity index (χ1v) is 4.83. The van der Waals surface area contributed by atoms with Crippen molar-refractivity contribution < 1.29 is 0 Å². The summed E-state index contributed by atoms with van der Waals surface area (Å²) in [5, 5.41) is 0. The van der Waals surface area contributed by atoms with E-state index in [2.05, 4.69) is 41.5 Å². The van der Waals surface area contributed by atoms with Crippen molar-refractivity contribution in [2.45, 2.75) is 46.4 Å². The van der Waals surface area contributed by atoms with Gasteiger partial charge >= 0.3 is 0 Å². The lowest BCUT2D eigenvalue weighted by Gasteiger charge is -2.35. The third kappa shape index (κ3) is 3.46. The predicted molar refractivity (Wildman–Crippen MR) is 53.1 cm³/mol. The average molecular weight is 177 g/mol. The van der Waals surface area contributed by atoms with Crippen LogP contribution >= 0.6 is 11.6 Å². The molecule has 0 saturated carbocycles. The normalized spacial score (nSPS) is 13.6. The molecule has 0 unspecified atom stereocenters. The number of hydrogen-bond acceptors (Lipinski definition) is 0. The molecule has 0 bridgehead atoms. The molecule has 0 rings (SSSR count). The Kier molecular flexibility index (Phi) is 3.90. The molecule has 11 heavy (non-hydrogen) atoms. The smallest absolute Gasteiger partial charge is 0.0423 e. The lowest BCUT2D eigenvalue weighted by atomic mass is 9.77. The van der Waals surface area contributed by atoms with Crippen LogP contribution in [0.3, 0.4) is 0 Å². The maximum atomic E-state index is 6.29. The zero-order valence-corrected chi connectivity index (χ0v) is 9.37. The number of alkyl halides is 1. The van der Waals surface area contributed by atoms with Crippen LogP contribution in [0.4, 0.5) is 0 Å². The first kappa shape index (κ1) is 11.3. The Morgan fingerprint density at radius 3 is 1.18 bits per heavy atom. The first-order chi connectivity index (χ1) is 4.76. The van der Waals surface area contributed by atoms with Gasteiger partial charge in [0, 0.05) is 4.87 Å². The van der Waals surface area contributed by atoms with E-state index in [0.717, 1.165) is 0 Å². The van der Waals surface area contributed by atoms with E-state index >= 15 is 0 Å². The third-order valence-corrected chi connectivity index (χ3v) is 2.48. The van der Waals surface area contributed by atoms with Crippen LogP contribution in [0.2, 0.25) is 0 Å². The second kappa shape index (κ2) is 3.80. The number of rotatable bonds is 3. The van der Waals surface area contributed by atoms with Gasteiger partial charge in [-0.3, -0.25) is 0 Å². The largest absolute Gasteiger partial charge is 0.120 e. The minimum Gasteiger partial charge on any atom is -0.120 e. The van der Waals surface area contributed by atoms with Gasteiger partial charge in [-0.15, -0.1) is 11.6 Å². The van der Waals surface area contributed by atoms with Crippen LogP contribution in [0.5, 0.6) is 0 Å². The summed E-state index contributed by atoms with van der Waals surface area (Å²) in [6.45, 7) is 13.2. The Bertz CT molecular complexity index is 101. The Balaban J connectivity index is 4.35. The van der Waals surface area contributed by atoms with Crippen LogP contribution in [0, 0.1) is 17.8 Å². The third-order valence-electron chi connectivity index (χ3n) is 2.23. The molecule has 0 heterocycles. The Labute approximate surface area is 76.3 Å². The molecule has 1 heteroatoms. The fourth-order valence-electron chi connectivity index (χ4n) is 2.36. The van der Waals surface area contributed by atoms with Crippen LogP contribution in [-0.4, -0.2) is 4.87 Å². The van der Waals surface area contributed by atoms with Gasteiger partial charge in [-0.25, -0.2) is 0 Å². The first-order valence-electron chi connectivity index (χ1n) is 4.45.